The molecular weight excluding hydrogens is 458 g/mol. The third kappa shape index (κ3) is 5.26. The standard InChI is InChI=1S/C27H37N5O4/c1-3-36-22-6-7-24-23(17-22)19(2)28-27(29-24)32-10-4-5-21(18-32)26(34)30-11-8-20(9-12-30)25(33)31-13-15-35-16-14-31/h6-7,17,20-21H,3-5,8-16,18H2,1-2H3/t21-/m1/s1. The van der Waals surface area contributed by atoms with Crippen LogP contribution in [0.5, 0.6) is 5.75 Å². The van der Waals surface area contributed by atoms with Gasteiger partial charge in [-0.25, -0.2) is 9.97 Å². The van der Waals surface area contributed by atoms with E-state index in [2.05, 4.69) is 4.90 Å². The SMILES string of the molecule is CCOc1ccc2nc(N3CCC[C@@H](C(=O)N4CCC(C(=O)N5CCOCC5)CC4)C3)nc(C)c2c1. The van der Waals surface area contributed by atoms with Crippen molar-refractivity contribution in [2.24, 2.45) is 11.8 Å². The Morgan fingerprint density at radius 2 is 1.69 bits per heavy atom. The molecule has 194 valence electrons. The lowest BCUT2D eigenvalue weighted by molar-refractivity contribution is -0.145. The number of fused-ring (bicyclic) bond motifs is 1. The lowest BCUT2D eigenvalue weighted by atomic mass is 9.92. The van der Waals surface area contributed by atoms with Crippen molar-refractivity contribution in [3.8, 4) is 5.75 Å². The Balaban J connectivity index is 1.20. The maximum atomic E-state index is 13.4. The van der Waals surface area contributed by atoms with Crippen LogP contribution in [-0.4, -0.2) is 90.7 Å². The molecule has 4 heterocycles. The van der Waals surface area contributed by atoms with Crippen molar-refractivity contribution in [2.45, 2.75) is 39.5 Å². The van der Waals surface area contributed by atoms with Gasteiger partial charge in [-0.15, -0.1) is 0 Å². The molecule has 1 aromatic heterocycles. The highest BCUT2D eigenvalue weighted by molar-refractivity contribution is 5.84. The molecule has 0 N–H and O–H groups in total. The smallest absolute Gasteiger partial charge is 0.227 e. The van der Waals surface area contributed by atoms with Gasteiger partial charge in [0.1, 0.15) is 5.75 Å². The number of carbonyl (C=O) groups is 2. The fraction of sp³-hybridized carbons (Fsp3) is 0.630. The third-order valence-corrected chi connectivity index (χ3v) is 7.69. The van der Waals surface area contributed by atoms with Crippen LogP contribution in [0.2, 0.25) is 0 Å². The summed E-state index contributed by atoms with van der Waals surface area (Å²) in [7, 11) is 0. The summed E-state index contributed by atoms with van der Waals surface area (Å²) >= 11 is 0. The van der Waals surface area contributed by atoms with Gasteiger partial charge >= 0.3 is 0 Å². The Labute approximate surface area is 212 Å². The van der Waals surface area contributed by atoms with E-state index in [1.165, 1.54) is 0 Å². The van der Waals surface area contributed by atoms with Crippen LogP contribution < -0.4 is 9.64 Å². The van der Waals surface area contributed by atoms with E-state index in [1.54, 1.807) is 0 Å². The number of aryl methyl sites for hydroxylation is 1. The predicted octanol–water partition coefficient (Wildman–Crippen LogP) is 2.65. The van der Waals surface area contributed by atoms with Crippen molar-refractivity contribution in [2.75, 3.05) is 64.0 Å². The Kier molecular flexibility index (Phi) is 7.55. The monoisotopic (exact) mass is 495 g/mol. The predicted molar refractivity (Wildman–Crippen MR) is 137 cm³/mol. The Hall–Kier alpha value is -2.94. The molecule has 3 fully saturated rings. The number of morpholine rings is 1. The van der Waals surface area contributed by atoms with Gasteiger partial charge in [0.25, 0.3) is 0 Å². The second-order valence-electron chi connectivity index (χ2n) is 10.0. The van der Waals surface area contributed by atoms with Crippen LogP contribution in [0.25, 0.3) is 10.9 Å². The molecule has 2 amide bonds. The number of aromatic nitrogens is 2. The van der Waals surface area contributed by atoms with Gasteiger partial charge in [-0.1, -0.05) is 0 Å². The normalized spacial score (nSPS) is 21.6. The van der Waals surface area contributed by atoms with E-state index in [1.807, 2.05) is 41.8 Å². The van der Waals surface area contributed by atoms with Crippen LogP contribution in [0, 0.1) is 18.8 Å². The van der Waals surface area contributed by atoms with Crippen molar-refractivity contribution in [3.05, 3.63) is 23.9 Å². The number of hydrogen-bond donors (Lipinski definition) is 0. The number of hydrogen-bond acceptors (Lipinski definition) is 7. The fourth-order valence-electron chi connectivity index (χ4n) is 5.65. The number of carbonyl (C=O) groups excluding carboxylic acids is 2. The van der Waals surface area contributed by atoms with Crippen molar-refractivity contribution in [1.29, 1.82) is 0 Å². The molecule has 5 rings (SSSR count). The lowest BCUT2D eigenvalue weighted by Crippen LogP contribution is -2.50. The summed E-state index contributed by atoms with van der Waals surface area (Å²) in [6.07, 6.45) is 3.31. The number of ether oxygens (including phenoxy) is 2. The van der Waals surface area contributed by atoms with Gasteiger partial charge in [0, 0.05) is 50.6 Å². The molecule has 3 aliphatic heterocycles. The van der Waals surface area contributed by atoms with E-state index >= 15 is 0 Å². The molecule has 36 heavy (non-hydrogen) atoms. The van der Waals surface area contributed by atoms with Gasteiger partial charge in [0.2, 0.25) is 17.8 Å². The molecule has 0 bridgehead atoms. The van der Waals surface area contributed by atoms with Crippen LogP contribution in [-0.2, 0) is 14.3 Å². The Morgan fingerprint density at radius 3 is 2.44 bits per heavy atom. The fourth-order valence-corrected chi connectivity index (χ4v) is 5.65. The second kappa shape index (κ2) is 11.0. The summed E-state index contributed by atoms with van der Waals surface area (Å²) in [6, 6.07) is 5.92. The average Bonchev–Trinajstić information content (AvgIpc) is 2.93. The molecule has 9 nitrogen and oxygen atoms in total. The highest BCUT2D eigenvalue weighted by Gasteiger charge is 2.35. The molecule has 0 unspecified atom stereocenters. The number of amides is 2. The van der Waals surface area contributed by atoms with E-state index in [9.17, 15) is 9.59 Å². The van der Waals surface area contributed by atoms with E-state index in [0.717, 1.165) is 54.6 Å². The van der Waals surface area contributed by atoms with Crippen LogP contribution in [0.3, 0.4) is 0 Å². The molecule has 0 spiro atoms. The topological polar surface area (TPSA) is 88.1 Å². The number of benzene rings is 1. The number of nitrogens with zero attached hydrogens (tertiary/aromatic N) is 5. The van der Waals surface area contributed by atoms with Crippen LogP contribution in [0.15, 0.2) is 18.2 Å². The molecule has 2 aromatic rings. The van der Waals surface area contributed by atoms with Gasteiger partial charge in [-0.05, 0) is 57.7 Å². The molecule has 0 aliphatic carbocycles. The first-order valence-electron chi connectivity index (χ1n) is 13.3. The number of anilines is 1. The molecule has 3 aliphatic rings. The number of rotatable bonds is 5. The van der Waals surface area contributed by atoms with Crippen molar-refractivity contribution >= 4 is 28.7 Å². The molecule has 9 heteroatoms. The van der Waals surface area contributed by atoms with E-state index in [-0.39, 0.29) is 23.7 Å². The zero-order valence-corrected chi connectivity index (χ0v) is 21.4. The third-order valence-electron chi connectivity index (χ3n) is 7.69. The van der Waals surface area contributed by atoms with Gasteiger partial charge in [-0.2, -0.15) is 0 Å². The Morgan fingerprint density at radius 1 is 0.972 bits per heavy atom. The van der Waals surface area contributed by atoms with Crippen molar-refractivity contribution < 1.29 is 19.1 Å². The number of likely N-dealkylation sites (tertiary alicyclic amines) is 1. The van der Waals surface area contributed by atoms with Crippen LogP contribution in [0.1, 0.15) is 38.3 Å². The molecule has 1 aromatic carbocycles. The van der Waals surface area contributed by atoms with E-state index in [4.69, 9.17) is 19.4 Å². The second-order valence-corrected chi connectivity index (χ2v) is 10.0. The first kappa shape index (κ1) is 24.7. The molecule has 3 saturated heterocycles. The zero-order valence-electron chi connectivity index (χ0n) is 21.4. The van der Waals surface area contributed by atoms with Crippen LogP contribution >= 0.6 is 0 Å². The minimum absolute atomic E-state index is 0.0206. The number of piperidine rings is 2. The van der Waals surface area contributed by atoms with Gasteiger partial charge in [0.05, 0.1) is 36.9 Å². The first-order valence-corrected chi connectivity index (χ1v) is 13.3. The van der Waals surface area contributed by atoms with Gasteiger partial charge in [-0.3, -0.25) is 9.59 Å². The summed E-state index contributed by atoms with van der Waals surface area (Å²) in [5.41, 5.74) is 1.80. The van der Waals surface area contributed by atoms with E-state index in [0.29, 0.717) is 58.5 Å². The summed E-state index contributed by atoms with van der Waals surface area (Å²) < 4.78 is 11.0. The minimum atomic E-state index is -0.0646. The summed E-state index contributed by atoms with van der Waals surface area (Å²) in [6.45, 7) is 9.99. The van der Waals surface area contributed by atoms with Gasteiger partial charge < -0.3 is 24.2 Å². The zero-order chi connectivity index (χ0) is 25.1. The molecule has 0 radical (unpaired) electrons. The lowest BCUT2D eigenvalue weighted by Gasteiger charge is -2.39. The quantitative estimate of drug-likeness (QED) is 0.630. The summed E-state index contributed by atoms with van der Waals surface area (Å²) in [5.74, 6) is 1.90. The molecule has 0 saturated carbocycles. The molecular formula is C27H37N5O4. The van der Waals surface area contributed by atoms with Crippen LogP contribution in [0.4, 0.5) is 5.95 Å². The Bertz CT molecular complexity index is 1100. The minimum Gasteiger partial charge on any atom is -0.494 e. The maximum absolute atomic E-state index is 13.4. The average molecular weight is 496 g/mol. The first-order chi connectivity index (χ1) is 17.5. The summed E-state index contributed by atoms with van der Waals surface area (Å²) in [4.78, 5) is 41.9. The molecule has 1 atom stereocenters. The largest absolute Gasteiger partial charge is 0.494 e. The van der Waals surface area contributed by atoms with Crippen molar-refractivity contribution in [1.82, 2.24) is 19.8 Å². The van der Waals surface area contributed by atoms with E-state index < -0.39 is 0 Å². The highest BCUT2D eigenvalue weighted by Crippen LogP contribution is 2.28. The van der Waals surface area contributed by atoms with Gasteiger partial charge in [0.15, 0.2) is 0 Å². The maximum Gasteiger partial charge on any atom is 0.227 e. The highest BCUT2D eigenvalue weighted by atomic mass is 16.5. The summed E-state index contributed by atoms with van der Waals surface area (Å²) in [5, 5.41) is 0.990. The van der Waals surface area contributed by atoms with Crippen molar-refractivity contribution in [3.63, 3.8) is 0 Å².